The molecule has 3 rings (SSSR count). The summed E-state index contributed by atoms with van der Waals surface area (Å²) in [7, 11) is -7.13. The first kappa shape index (κ1) is 25.7. The molecule has 2 heterocycles. The van der Waals surface area contributed by atoms with E-state index >= 15 is 0 Å². The maximum atomic E-state index is 10.7. The predicted molar refractivity (Wildman–Crippen MR) is 116 cm³/mol. The van der Waals surface area contributed by atoms with Gasteiger partial charge in [0.2, 0.25) is 0 Å². The lowest BCUT2D eigenvalue weighted by atomic mass is 10.0. The Balaban J connectivity index is 0.000000366. The lowest BCUT2D eigenvalue weighted by molar-refractivity contribution is -0.587. The number of benzene rings is 1. The molecular weight excluding hydrogens is 447 g/mol. The van der Waals surface area contributed by atoms with E-state index in [2.05, 4.69) is 59.9 Å². The van der Waals surface area contributed by atoms with Crippen molar-refractivity contribution < 1.29 is 30.7 Å². The van der Waals surface area contributed by atoms with E-state index in [-0.39, 0.29) is 0 Å². The van der Waals surface area contributed by atoms with Gasteiger partial charge in [-0.3, -0.25) is 15.6 Å². The smallest absolute Gasteiger partial charge is 0.485 e. The molecule has 6 nitrogen and oxygen atoms in total. The Morgan fingerprint density at radius 2 is 1.77 bits per heavy atom. The average Bonchev–Trinajstić information content (AvgIpc) is 3.01. The van der Waals surface area contributed by atoms with E-state index in [0.29, 0.717) is 18.1 Å². The Kier molecular flexibility index (Phi) is 8.20. The lowest BCUT2D eigenvalue weighted by Crippen LogP contribution is -2.56. The molecular formula is C20H32F3N3O3SSi. The molecule has 31 heavy (non-hydrogen) atoms. The summed E-state index contributed by atoms with van der Waals surface area (Å²) >= 11 is 0. The van der Waals surface area contributed by atoms with Crippen LogP contribution in [0.25, 0.3) is 0 Å². The van der Waals surface area contributed by atoms with Gasteiger partial charge >= 0.3 is 11.5 Å². The summed E-state index contributed by atoms with van der Waals surface area (Å²) in [6.07, 6.45) is 6.23. The summed E-state index contributed by atoms with van der Waals surface area (Å²) in [6.45, 7) is 7.36. The Bertz CT molecular complexity index is 871. The Hall–Kier alpha value is -1.59. The molecule has 0 amide bonds. The van der Waals surface area contributed by atoms with E-state index in [1.54, 1.807) is 0 Å². The monoisotopic (exact) mass is 479 g/mol. The summed E-state index contributed by atoms with van der Waals surface area (Å²) in [5.41, 5.74) is 2.23. The lowest BCUT2D eigenvalue weighted by Gasteiger charge is -2.31. The van der Waals surface area contributed by atoms with Crippen LogP contribution in [0.1, 0.15) is 31.2 Å². The van der Waals surface area contributed by atoms with Crippen molar-refractivity contribution in [2.75, 3.05) is 0 Å². The third-order valence-corrected chi connectivity index (χ3v) is 7.84. The van der Waals surface area contributed by atoms with E-state index in [0.717, 1.165) is 12.4 Å². The summed E-state index contributed by atoms with van der Waals surface area (Å²) in [6, 6.07) is 14.0. The van der Waals surface area contributed by atoms with Crippen molar-refractivity contribution in [3.05, 3.63) is 35.9 Å². The van der Waals surface area contributed by atoms with Gasteiger partial charge in [-0.1, -0.05) is 50.0 Å². The summed E-state index contributed by atoms with van der Waals surface area (Å²) in [5.74, 6) is 0.945. The van der Waals surface area contributed by atoms with Crippen molar-refractivity contribution in [2.24, 2.45) is 5.73 Å². The Labute approximate surface area is 183 Å². The molecule has 1 fully saturated rings. The van der Waals surface area contributed by atoms with Crippen molar-refractivity contribution in [1.82, 2.24) is 5.32 Å². The van der Waals surface area contributed by atoms with Crippen LogP contribution in [-0.4, -0.2) is 55.2 Å². The number of rotatable bonds is 5. The minimum Gasteiger partial charge on any atom is -0.741 e. The van der Waals surface area contributed by atoms with Gasteiger partial charge in [0.05, 0.1) is 18.1 Å². The van der Waals surface area contributed by atoms with E-state index in [1.807, 2.05) is 0 Å². The SMILES string of the molecule is C[Si](C)(C)CC1C[C@H]2CC[C@H](CCc3ccccc3)[N+]2=C(N)N1.O=S(=O)([O-])C(F)(F)F. The zero-order valence-corrected chi connectivity index (χ0v) is 20.0. The fraction of sp³-hybridized carbons (Fsp3) is 0.650. The molecule has 1 saturated heterocycles. The van der Waals surface area contributed by atoms with Crippen molar-refractivity contribution in [2.45, 2.75) is 81.4 Å². The highest BCUT2D eigenvalue weighted by Crippen LogP contribution is 2.30. The second-order valence-electron chi connectivity index (χ2n) is 9.44. The van der Waals surface area contributed by atoms with Crippen LogP contribution in [0.5, 0.6) is 0 Å². The van der Waals surface area contributed by atoms with Crippen molar-refractivity contribution in [3.8, 4) is 0 Å². The fourth-order valence-corrected chi connectivity index (χ4v) is 6.14. The van der Waals surface area contributed by atoms with E-state index < -0.39 is 23.7 Å². The van der Waals surface area contributed by atoms with Crippen LogP contribution < -0.4 is 11.1 Å². The molecule has 1 aromatic rings. The number of nitrogens with two attached hydrogens (primary N) is 1. The molecule has 2 aliphatic heterocycles. The van der Waals surface area contributed by atoms with Gasteiger partial charge in [-0.15, -0.1) is 0 Å². The number of fused-ring (bicyclic) bond motifs is 1. The van der Waals surface area contributed by atoms with Crippen LogP contribution in [0.15, 0.2) is 30.3 Å². The zero-order chi connectivity index (χ0) is 23.4. The number of alkyl halides is 3. The standard InChI is InChI=1S/C19H31N3Si.CHF3O3S/c1-23(2,3)14-16-13-18-12-11-17(22(18)19(20)21-16)10-9-15-7-5-4-6-8-15;2-1(3,4)8(5,6)7/h4-8,16-18H,9-14H2,1-3H3,(H2,20,21);(H,5,6,7)/t16?,17-,18+;/m0./s1. The molecule has 0 aliphatic carbocycles. The number of nitrogens with zero attached hydrogens (tertiary/aromatic N) is 1. The fourth-order valence-electron chi connectivity index (χ4n) is 4.39. The molecule has 3 atom stereocenters. The highest BCUT2D eigenvalue weighted by Gasteiger charge is 2.41. The van der Waals surface area contributed by atoms with Gasteiger partial charge < -0.3 is 4.55 Å². The molecule has 1 unspecified atom stereocenters. The minimum absolute atomic E-state index is 0.593. The van der Waals surface area contributed by atoms with Crippen molar-refractivity contribution >= 4 is 24.2 Å². The van der Waals surface area contributed by atoms with Gasteiger partial charge in [0, 0.05) is 14.5 Å². The third kappa shape index (κ3) is 7.80. The molecule has 0 radical (unpaired) electrons. The second kappa shape index (κ2) is 9.91. The average molecular weight is 480 g/mol. The predicted octanol–water partition coefficient (Wildman–Crippen LogP) is 3.23. The Morgan fingerprint density at radius 3 is 2.29 bits per heavy atom. The molecule has 1 aromatic carbocycles. The van der Waals surface area contributed by atoms with Gasteiger partial charge in [-0.2, -0.15) is 13.2 Å². The maximum Gasteiger partial charge on any atom is 0.485 e. The minimum atomic E-state index is -6.09. The number of halogens is 3. The second-order valence-corrected chi connectivity index (χ2v) is 16.3. The van der Waals surface area contributed by atoms with Gasteiger partial charge in [-0.25, -0.2) is 8.42 Å². The molecule has 0 bridgehead atoms. The zero-order valence-electron chi connectivity index (χ0n) is 18.2. The largest absolute Gasteiger partial charge is 0.741 e. The normalized spacial score (nSPS) is 24.2. The molecule has 176 valence electrons. The van der Waals surface area contributed by atoms with Crippen LogP contribution in [0.2, 0.25) is 25.7 Å². The summed E-state index contributed by atoms with van der Waals surface area (Å²) in [4.78, 5) is 0. The van der Waals surface area contributed by atoms with Crippen LogP contribution in [0, 0.1) is 0 Å². The molecule has 0 spiro atoms. The van der Waals surface area contributed by atoms with Crippen LogP contribution in [0.4, 0.5) is 13.2 Å². The first-order valence-corrected chi connectivity index (χ1v) is 15.5. The van der Waals surface area contributed by atoms with Gasteiger partial charge in [0.1, 0.15) is 0 Å². The number of guanidine groups is 1. The molecule has 3 N–H and O–H groups in total. The van der Waals surface area contributed by atoms with Gasteiger partial charge in [0.15, 0.2) is 10.1 Å². The summed E-state index contributed by atoms with van der Waals surface area (Å²) in [5, 5.41) is 3.63. The van der Waals surface area contributed by atoms with Crippen LogP contribution in [0.3, 0.4) is 0 Å². The quantitative estimate of drug-likeness (QED) is 0.292. The highest BCUT2D eigenvalue weighted by molar-refractivity contribution is 7.86. The van der Waals surface area contributed by atoms with E-state index in [1.165, 1.54) is 37.3 Å². The van der Waals surface area contributed by atoms with Crippen LogP contribution >= 0.6 is 0 Å². The van der Waals surface area contributed by atoms with Gasteiger partial charge in [0.25, 0.3) is 0 Å². The van der Waals surface area contributed by atoms with Crippen molar-refractivity contribution in [3.63, 3.8) is 0 Å². The number of hydrogen-bond donors (Lipinski definition) is 2. The first-order chi connectivity index (χ1) is 14.2. The number of aryl methyl sites for hydroxylation is 1. The number of nitrogens with one attached hydrogen (secondary N) is 1. The first-order valence-electron chi connectivity index (χ1n) is 10.4. The number of hydrogen-bond acceptors (Lipinski definition) is 5. The highest BCUT2D eigenvalue weighted by atomic mass is 32.2. The summed E-state index contributed by atoms with van der Waals surface area (Å²) < 4.78 is 61.4. The molecule has 2 aliphatic rings. The van der Waals surface area contributed by atoms with E-state index in [9.17, 15) is 13.2 Å². The van der Waals surface area contributed by atoms with Crippen molar-refractivity contribution in [1.29, 1.82) is 0 Å². The van der Waals surface area contributed by atoms with E-state index in [4.69, 9.17) is 18.7 Å². The topological polar surface area (TPSA) is 98.3 Å². The van der Waals surface area contributed by atoms with Crippen LogP contribution in [-0.2, 0) is 16.5 Å². The Morgan fingerprint density at radius 1 is 1.19 bits per heavy atom. The van der Waals surface area contributed by atoms with Gasteiger partial charge in [-0.05, 0) is 37.3 Å². The third-order valence-electron chi connectivity index (χ3n) is 5.56. The molecule has 0 saturated carbocycles. The maximum absolute atomic E-state index is 10.7. The molecule has 0 aromatic heterocycles. The molecule has 11 heteroatoms.